The summed E-state index contributed by atoms with van der Waals surface area (Å²) in [7, 11) is 0. The van der Waals surface area contributed by atoms with E-state index in [9.17, 15) is 10.1 Å². The molecule has 0 bridgehead atoms. The first kappa shape index (κ1) is 23.0. The van der Waals surface area contributed by atoms with Gasteiger partial charge in [-0.1, -0.05) is 83.8 Å². The highest BCUT2D eigenvalue weighted by Crippen LogP contribution is 2.18. The van der Waals surface area contributed by atoms with Crippen molar-refractivity contribution < 1.29 is 4.79 Å². The van der Waals surface area contributed by atoms with E-state index in [0.29, 0.717) is 5.92 Å². The Kier molecular flexibility index (Phi) is 10.3. The molecule has 0 atom stereocenters. The van der Waals surface area contributed by atoms with Crippen molar-refractivity contribution in [2.75, 3.05) is 5.32 Å². The van der Waals surface area contributed by atoms with Crippen molar-refractivity contribution >= 4 is 11.6 Å². The SMILES string of the molecule is CC(C)c1ccc(N/C=C(/C#N)C(=O)NC2CCCCCCCCCCC2)cc1. The van der Waals surface area contributed by atoms with Crippen molar-refractivity contribution in [2.45, 2.75) is 96.4 Å². The van der Waals surface area contributed by atoms with Crippen LogP contribution in [0.4, 0.5) is 5.69 Å². The van der Waals surface area contributed by atoms with Crippen LogP contribution in [0, 0.1) is 11.3 Å². The molecule has 1 aliphatic carbocycles. The smallest absolute Gasteiger partial charge is 0.263 e. The molecule has 29 heavy (non-hydrogen) atoms. The molecule has 2 rings (SSSR count). The van der Waals surface area contributed by atoms with Crippen LogP contribution in [0.15, 0.2) is 36.0 Å². The third-order valence-electron chi connectivity index (χ3n) is 5.77. The summed E-state index contributed by atoms with van der Waals surface area (Å²) in [6.45, 7) is 4.31. The highest BCUT2D eigenvalue weighted by molar-refractivity contribution is 5.97. The fraction of sp³-hybridized carbons (Fsp3) is 0.600. The quantitative estimate of drug-likeness (QED) is 0.446. The maximum atomic E-state index is 12.6. The van der Waals surface area contributed by atoms with Crippen molar-refractivity contribution in [2.24, 2.45) is 0 Å². The van der Waals surface area contributed by atoms with Crippen molar-refractivity contribution in [1.82, 2.24) is 5.32 Å². The number of nitriles is 1. The topological polar surface area (TPSA) is 64.9 Å². The number of rotatable bonds is 5. The number of nitrogens with one attached hydrogen (secondary N) is 2. The van der Waals surface area contributed by atoms with Gasteiger partial charge in [-0.25, -0.2) is 0 Å². The van der Waals surface area contributed by atoms with Crippen LogP contribution in [0.2, 0.25) is 0 Å². The lowest BCUT2D eigenvalue weighted by atomic mass is 9.98. The number of hydrogen-bond donors (Lipinski definition) is 2. The summed E-state index contributed by atoms with van der Waals surface area (Å²) in [5.41, 5.74) is 2.27. The van der Waals surface area contributed by atoms with Crippen LogP contribution in [0.5, 0.6) is 0 Å². The first-order valence-corrected chi connectivity index (χ1v) is 11.4. The first-order valence-electron chi connectivity index (χ1n) is 11.4. The lowest BCUT2D eigenvalue weighted by Crippen LogP contribution is -2.35. The zero-order chi connectivity index (χ0) is 20.9. The minimum atomic E-state index is -0.268. The number of nitrogens with zero attached hydrogens (tertiary/aromatic N) is 1. The third-order valence-corrected chi connectivity index (χ3v) is 5.77. The van der Waals surface area contributed by atoms with E-state index in [1.807, 2.05) is 18.2 Å². The molecule has 0 aliphatic heterocycles. The number of hydrogen-bond acceptors (Lipinski definition) is 3. The molecule has 1 aromatic carbocycles. The Hall–Kier alpha value is -2.28. The van der Waals surface area contributed by atoms with Crippen LogP contribution in [0.3, 0.4) is 0 Å². The molecule has 0 unspecified atom stereocenters. The van der Waals surface area contributed by atoms with Crippen LogP contribution >= 0.6 is 0 Å². The first-order chi connectivity index (χ1) is 14.1. The van der Waals surface area contributed by atoms with Crippen molar-refractivity contribution in [3.63, 3.8) is 0 Å². The fourth-order valence-corrected chi connectivity index (χ4v) is 3.84. The van der Waals surface area contributed by atoms with Crippen LogP contribution in [-0.4, -0.2) is 11.9 Å². The van der Waals surface area contributed by atoms with Gasteiger partial charge in [0.15, 0.2) is 0 Å². The van der Waals surface area contributed by atoms with Crippen LogP contribution in [0.25, 0.3) is 0 Å². The fourth-order valence-electron chi connectivity index (χ4n) is 3.84. The van der Waals surface area contributed by atoms with E-state index in [0.717, 1.165) is 31.4 Å². The highest BCUT2D eigenvalue weighted by Gasteiger charge is 2.16. The number of anilines is 1. The van der Waals surface area contributed by atoms with Gasteiger partial charge in [0.25, 0.3) is 5.91 Å². The average Bonchev–Trinajstić information content (AvgIpc) is 2.71. The molecule has 1 fully saturated rings. The molecule has 0 heterocycles. The lowest BCUT2D eigenvalue weighted by Gasteiger charge is -2.19. The maximum Gasteiger partial charge on any atom is 0.263 e. The van der Waals surface area contributed by atoms with Gasteiger partial charge in [0.2, 0.25) is 0 Å². The minimum Gasteiger partial charge on any atom is -0.360 e. The van der Waals surface area contributed by atoms with Crippen molar-refractivity contribution in [1.29, 1.82) is 5.26 Å². The Morgan fingerprint density at radius 3 is 1.97 bits per heavy atom. The Balaban J connectivity index is 1.91. The van der Waals surface area contributed by atoms with Gasteiger partial charge in [-0.15, -0.1) is 0 Å². The largest absolute Gasteiger partial charge is 0.360 e. The standard InChI is InChI=1S/C25H37N3O/c1-20(2)21-14-16-23(17-15-21)27-19-22(18-26)25(29)28-24-12-10-8-6-4-3-5-7-9-11-13-24/h14-17,19-20,24,27H,3-13H2,1-2H3,(H,28,29)/b22-19-. The number of amides is 1. The molecule has 1 aliphatic rings. The van der Waals surface area contributed by atoms with Gasteiger partial charge in [-0.2, -0.15) is 5.26 Å². The molecule has 1 saturated carbocycles. The van der Waals surface area contributed by atoms with E-state index in [1.165, 1.54) is 56.7 Å². The highest BCUT2D eigenvalue weighted by atomic mass is 16.1. The summed E-state index contributed by atoms with van der Waals surface area (Å²) in [5, 5.41) is 15.7. The summed E-state index contributed by atoms with van der Waals surface area (Å²) in [6.07, 6.45) is 14.9. The molecule has 4 heteroatoms. The predicted octanol–water partition coefficient (Wildman–Crippen LogP) is 6.42. The second-order valence-electron chi connectivity index (χ2n) is 8.52. The number of carbonyl (C=O) groups excluding carboxylic acids is 1. The van der Waals surface area contributed by atoms with E-state index < -0.39 is 0 Å². The molecule has 0 radical (unpaired) electrons. The molecule has 158 valence electrons. The van der Waals surface area contributed by atoms with E-state index in [4.69, 9.17) is 0 Å². The number of carbonyl (C=O) groups is 1. The van der Waals surface area contributed by atoms with Gasteiger partial charge in [0.1, 0.15) is 11.6 Å². The second-order valence-corrected chi connectivity index (χ2v) is 8.52. The third kappa shape index (κ3) is 8.73. The molecular weight excluding hydrogens is 358 g/mol. The van der Waals surface area contributed by atoms with Gasteiger partial charge >= 0.3 is 0 Å². The Bertz CT molecular complexity index is 673. The molecule has 0 saturated heterocycles. The van der Waals surface area contributed by atoms with Crippen LogP contribution in [0.1, 0.15) is 96.0 Å². The zero-order valence-corrected chi connectivity index (χ0v) is 18.2. The maximum absolute atomic E-state index is 12.6. The predicted molar refractivity (Wildman–Crippen MR) is 121 cm³/mol. The minimum absolute atomic E-state index is 0.129. The zero-order valence-electron chi connectivity index (χ0n) is 18.2. The van der Waals surface area contributed by atoms with Gasteiger partial charge < -0.3 is 10.6 Å². The van der Waals surface area contributed by atoms with Gasteiger partial charge in [0, 0.05) is 17.9 Å². The summed E-state index contributed by atoms with van der Waals surface area (Å²) in [6, 6.07) is 10.3. The second kappa shape index (κ2) is 13.0. The summed E-state index contributed by atoms with van der Waals surface area (Å²) in [4.78, 5) is 12.6. The van der Waals surface area contributed by atoms with Crippen LogP contribution < -0.4 is 10.6 Å². The van der Waals surface area contributed by atoms with Crippen molar-refractivity contribution in [3.05, 3.63) is 41.6 Å². The average molecular weight is 396 g/mol. The summed E-state index contributed by atoms with van der Waals surface area (Å²) >= 11 is 0. The molecule has 4 nitrogen and oxygen atoms in total. The molecule has 1 aromatic rings. The van der Waals surface area contributed by atoms with Gasteiger partial charge in [-0.3, -0.25) is 4.79 Å². The molecule has 2 N–H and O–H groups in total. The number of benzene rings is 1. The van der Waals surface area contributed by atoms with E-state index in [2.05, 4.69) is 36.6 Å². The van der Waals surface area contributed by atoms with E-state index in [1.54, 1.807) is 0 Å². The monoisotopic (exact) mass is 395 g/mol. The Morgan fingerprint density at radius 2 is 1.48 bits per heavy atom. The Labute approximate surface area is 176 Å². The molecular formula is C25H37N3O. The van der Waals surface area contributed by atoms with Crippen LogP contribution in [-0.2, 0) is 4.79 Å². The normalized spacial score (nSPS) is 17.7. The van der Waals surface area contributed by atoms with E-state index >= 15 is 0 Å². The molecule has 1 amide bonds. The van der Waals surface area contributed by atoms with E-state index in [-0.39, 0.29) is 17.5 Å². The van der Waals surface area contributed by atoms with Gasteiger partial charge in [-0.05, 0) is 36.5 Å². The van der Waals surface area contributed by atoms with Gasteiger partial charge in [0.05, 0.1) is 0 Å². The summed E-state index contributed by atoms with van der Waals surface area (Å²) in [5.74, 6) is 0.210. The summed E-state index contributed by atoms with van der Waals surface area (Å²) < 4.78 is 0. The lowest BCUT2D eigenvalue weighted by molar-refractivity contribution is -0.117. The Morgan fingerprint density at radius 1 is 0.966 bits per heavy atom. The molecule has 0 spiro atoms. The van der Waals surface area contributed by atoms with Crippen molar-refractivity contribution in [3.8, 4) is 6.07 Å². The molecule has 0 aromatic heterocycles.